The van der Waals surface area contributed by atoms with Crippen molar-refractivity contribution in [1.82, 2.24) is 0 Å². The summed E-state index contributed by atoms with van der Waals surface area (Å²) in [6.45, 7) is 2.15. The molecule has 0 radical (unpaired) electrons. The number of aliphatic hydroxyl groups excluding tert-OH is 1. The van der Waals surface area contributed by atoms with E-state index >= 15 is 0 Å². The third-order valence-corrected chi connectivity index (χ3v) is 3.79. The molecule has 106 valence electrons. The molecule has 0 fully saturated rings. The number of benzene rings is 2. The van der Waals surface area contributed by atoms with Gasteiger partial charge in [-0.2, -0.15) is 0 Å². The third-order valence-electron chi connectivity index (χ3n) is 3.17. The summed E-state index contributed by atoms with van der Waals surface area (Å²) in [7, 11) is 1.65. The second-order valence-electron chi connectivity index (χ2n) is 4.62. The lowest BCUT2D eigenvalue weighted by atomic mass is 10.1. The zero-order valence-corrected chi connectivity index (χ0v) is 13.1. The van der Waals surface area contributed by atoms with Gasteiger partial charge in [-0.05, 0) is 58.2 Å². The fourth-order valence-electron chi connectivity index (χ4n) is 2.04. The van der Waals surface area contributed by atoms with Gasteiger partial charge in [0.25, 0.3) is 0 Å². The van der Waals surface area contributed by atoms with Gasteiger partial charge in [0.05, 0.1) is 18.2 Å². The van der Waals surface area contributed by atoms with E-state index in [4.69, 9.17) is 9.84 Å². The van der Waals surface area contributed by atoms with Gasteiger partial charge in [-0.25, -0.2) is 0 Å². The summed E-state index contributed by atoms with van der Waals surface area (Å²) >= 11 is 3.50. The van der Waals surface area contributed by atoms with Crippen LogP contribution in [0.25, 0.3) is 0 Å². The van der Waals surface area contributed by atoms with Crippen LogP contribution in [0.3, 0.4) is 0 Å². The molecular weight excluding hydrogens is 318 g/mol. The number of anilines is 1. The monoisotopic (exact) mass is 335 g/mol. The van der Waals surface area contributed by atoms with Gasteiger partial charge in [-0.15, -0.1) is 0 Å². The number of methoxy groups -OCH3 is 1. The molecule has 2 aromatic carbocycles. The molecule has 0 heterocycles. The molecule has 2 aromatic rings. The van der Waals surface area contributed by atoms with Crippen LogP contribution in [0, 0.1) is 0 Å². The lowest BCUT2D eigenvalue weighted by molar-refractivity contribution is 0.282. The molecule has 2 N–H and O–H groups in total. The molecule has 1 atom stereocenters. The average molecular weight is 336 g/mol. The quantitative estimate of drug-likeness (QED) is 0.863. The fourth-order valence-corrected chi connectivity index (χ4v) is 2.60. The molecular formula is C16H18BrNO2. The van der Waals surface area contributed by atoms with Crippen molar-refractivity contribution in [3.63, 3.8) is 0 Å². The Morgan fingerprint density at radius 1 is 1.25 bits per heavy atom. The summed E-state index contributed by atoms with van der Waals surface area (Å²) in [5, 5.41) is 12.6. The Balaban J connectivity index is 2.14. The molecule has 0 amide bonds. The summed E-state index contributed by atoms with van der Waals surface area (Å²) in [5.41, 5.74) is 3.06. The van der Waals surface area contributed by atoms with Crippen molar-refractivity contribution in [2.45, 2.75) is 19.6 Å². The lowest BCUT2D eigenvalue weighted by Crippen LogP contribution is -2.07. The first-order chi connectivity index (χ1) is 9.63. The molecule has 20 heavy (non-hydrogen) atoms. The highest BCUT2D eigenvalue weighted by Crippen LogP contribution is 2.29. The van der Waals surface area contributed by atoms with Crippen molar-refractivity contribution in [2.24, 2.45) is 0 Å². The summed E-state index contributed by atoms with van der Waals surface area (Å²) in [6, 6.07) is 14.0. The van der Waals surface area contributed by atoms with E-state index in [1.54, 1.807) is 7.11 Å². The molecule has 0 aromatic heterocycles. The molecule has 0 aliphatic rings. The highest BCUT2D eigenvalue weighted by molar-refractivity contribution is 9.10. The lowest BCUT2D eigenvalue weighted by Gasteiger charge is -2.17. The first-order valence-electron chi connectivity index (χ1n) is 6.44. The SMILES string of the molecule is COc1ccc(C(C)Nc2cccc(CO)c2)cc1Br. The molecule has 0 aliphatic carbocycles. The van der Waals surface area contributed by atoms with Crippen molar-refractivity contribution in [3.8, 4) is 5.75 Å². The molecule has 4 heteroatoms. The number of rotatable bonds is 5. The maximum absolute atomic E-state index is 9.16. The zero-order valence-electron chi connectivity index (χ0n) is 11.6. The molecule has 2 rings (SSSR count). The van der Waals surface area contributed by atoms with Gasteiger partial charge in [0.1, 0.15) is 5.75 Å². The molecule has 0 bridgehead atoms. The van der Waals surface area contributed by atoms with Crippen LogP contribution in [-0.4, -0.2) is 12.2 Å². The van der Waals surface area contributed by atoms with Crippen LogP contribution >= 0.6 is 15.9 Å². The number of nitrogens with one attached hydrogen (secondary N) is 1. The molecule has 0 saturated carbocycles. The predicted octanol–water partition coefficient (Wildman–Crippen LogP) is 4.12. The van der Waals surface area contributed by atoms with E-state index < -0.39 is 0 Å². The van der Waals surface area contributed by atoms with Crippen molar-refractivity contribution in [3.05, 3.63) is 58.1 Å². The normalized spacial score (nSPS) is 12.0. The van der Waals surface area contributed by atoms with E-state index in [1.165, 1.54) is 0 Å². The summed E-state index contributed by atoms with van der Waals surface area (Å²) in [4.78, 5) is 0. The van der Waals surface area contributed by atoms with E-state index in [0.717, 1.165) is 27.0 Å². The van der Waals surface area contributed by atoms with Gasteiger partial charge < -0.3 is 15.2 Å². The van der Waals surface area contributed by atoms with Crippen molar-refractivity contribution < 1.29 is 9.84 Å². The van der Waals surface area contributed by atoms with E-state index in [-0.39, 0.29) is 12.6 Å². The van der Waals surface area contributed by atoms with Crippen molar-refractivity contribution >= 4 is 21.6 Å². The highest BCUT2D eigenvalue weighted by Gasteiger charge is 2.08. The highest BCUT2D eigenvalue weighted by atomic mass is 79.9. The van der Waals surface area contributed by atoms with Gasteiger partial charge in [0.2, 0.25) is 0 Å². The van der Waals surface area contributed by atoms with Gasteiger partial charge in [0.15, 0.2) is 0 Å². The van der Waals surface area contributed by atoms with Crippen LogP contribution in [0.4, 0.5) is 5.69 Å². The van der Waals surface area contributed by atoms with E-state index in [1.807, 2.05) is 42.5 Å². The largest absolute Gasteiger partial charge is 0.496 e. The number of ether oxygens (including phenoxy) is 1. The first-order valence-corrected chi connectivity index (χ1v) is 7.23. The van der Waals surface area contributed by atoms with Gasteiger partial charge >= 0.3 is 0 Å². The van der Waals surface area contributed by atoms with Crippen LogP contribution in [-0.2, 0) is 6.61 Å². The van der Waals surface area contributed by atoms with E-state index in [2.05, 4.69) is 28.2 Å². The van der Waals surface area contributed by atoms with Crippen LogP contribution in [0.15, 0.2) is 46.9 Å². The summed E-state index contributed by atoms with van der Waals surface area (Å²) < 4.78 is 6.17. The molecule has 0 spiro atoms. The molecule has 0 aliphatic heterocycles. The van der Waals surface area contributed by atoms with Crippen molar-refractivity contribution in [1.29, 1.82) is 0 Å². The molecule has 1 unspecified atom stereocenters. The predicted molar refractivity (Wildman–Crippen MR) is 85.1 cm³/mol. The maximum Gasteiger partial charge on any atom is 0.133 e. The Morgan fingerprint density at radius 3 is 2.70 bits per heavy atom. The van der Waals surface area contributed by atoms with Gasteiger partial charge in [-0.1, -0.05) is 18.2 Å². The Bertz CT molecular complexity index is 586. The van der Waals surface area contributed by atoms with Gasteiger partial charge in [0, 0.05) is 11.7 Å². The zero-order chi connectivity index (χ0) is 14.5. The van der Waals surface area contributed by atoms with Crippen molar-refractivity contribution in [2.75, 3.05) is 12.4 Å². The Kier molecular flexibility index (Phi) is 5.04. The number of hydrogen-bond acceptors (Lipinski definition) is 3. The first kappa shape index (κ1) is 14.9. The Hall–Kier alpha value is -1.52. The maximum atomic E-state index is 9.16. The van der Waals surface area contributed by atoms with Crippen LogP contribution < -0.4 is 10.1 Å². The summed E-state index contributed by atoms with van der Waals surface area (Å²) in [5.74, 6) is 0.822. The topological polar surface area (TPSA) is 41.5 Å². The summed E-state index contributed by atoms with van der Waals surface area (Å²) in [6.07, 6.45) is 0. The van der Waals surface area contributed by atoms with E-state index in [9.17, 15) is 0 Å². The molecule has 3 nitrogen and oxygen atoms in total. The Morgan fingerprint density at radius 2 is 2.05 bits per heavy atom. The van der Waals surface area contributed by atoms with Crippen LogP contribution in [0.2, 0.25) is 0 Å². The number of aliphatic hydroxyl groups is 1. The minimum Gasteiger partial charge on any atom is -0.496 e. The van der Waals surface area contributed by atoms with Crippen LogP contribution in [0.1, 0.15) is 24.1 Å². The van der Waals surface area contributed by atoms with E-state index in [0.29, 0.717) is 0 Å². The second kappa shape index (κ2) is 6.77. The standard InChI is InChI=1S/C16H18BrNO2/c1-11(13-6-7-16(20-2)15(17)9-13)18-14-5-3-4-12(8-14)10-19/h3-9,11,18-19H,10H2,1-2H3. The number of hydrogen-bond donors (Lipinski definition) is 2. The minimum atomic E-state index is 0.0536. The smallest absolute Gasteiger partial charge is 0.133 e. The second-order valence-corrected chi connectivity index (χ2v) is 5.47. The number of halogens is 1. The van der Waals surface area contributed by atoms with Crippen LogP contribution in [0.5, 0.6) is 5.75 Å². The third kappa shape index (κ3) is 3.52. The Labute approximate surface area is 127 Å². The minimum absolute atomic E-state index is 0.0536. The van der Waals surface area contributed by atoms with Gasteiger partial charge in [-0.3, -0.25) is 0 Å². The fraction of sp³-hybridized carbons (Fsp3) is 0.250. The molecule has 0 saturated heterocycles. The average Bonchev–Trinajstić information content (AvgIpc) is 2.47.